The van der Waals surface area contributed by atoms with Crippen LogP contribution < -0.4 is 14.2 Å². The first-order chi connectivity index (χ1) is 12.5. The van der Waals surface area contributed by atoms with Crippen molar-refractivity contribution in [2.45, 2.75) is 38.6 Å². The van der Waals surface area contributed by atoms with Gasteiger partial charge in [-0.1, -0.05) is 19.8 Å². The summed E-state index contributed by atoms with van der Waals surface area (Å²) in [5.74, 6) is 1.08. The monoisotopic (exact) mass is 381 g/mol. The van der Waals surface area contributed by atoms with Crippen LogP contribution in [-0.4, -0.2) is 52.2 Å². The van der Waals surface area contributed by atoms with Crippen LogP contribution in [0.1, 0.15) is 44.2 Å². The molecule has 0 amide bonds. The maximum absolute atomic E-state index is 11.9. The lowest BCUT2D eigenvalue weighted by Crippen LogP contribution is -2.30. The zero-order chi connectivity index (χ0) is 18.6. The molecule has 8 heteroatoms. The summed E-state index contributed by atoms with van der Waals surface area (Å²) in [7, 11) is -3.45. The third kappa shape index (κ3) is 4.41. The van der Waals surface area contributed by atoms with E-state index in [4.69, 9.17) is 9.47 Å². The van der Waals surface area contributed by atoms with E-state index in [1.807, 2.05) is 18.5 Å². The molecule has 0 radical (unpaired) electrons. The fourth-order valence-electron chi connectivity index (χ4n) is 3.34. The van der Waals surface area contributed by atoms with E-state index in [0.29, 0.717) is 30.4 Å². The summed E-state index contributed by atoms with van der Waals surface area (Å²) in [6, 6.07) is 3.96. The van der Waals surface area contributed by atoms with Crippen molar-refractivity contribution in [2.24, 2.45) is 4.99 Å². The zero-order valence-corrected chi connectivity index (χ0v) is 16.2. The van der Waals surface area contributed by atoms with Crippen molar-refractivity contribution >= 4 is 22.0 Å². The minimum Gasteiger partial charge on any atom is -0.491 e. The number of rotatable bonds is 8. The Hall–Kier alpha value is -1.96. The molecule has 0 aliphatic carbocycles. The largest absolute Gasteiger partial charge is 0.491 e. The predicted octanol–water partition coefficient (Wildman–Crippen LogP) is 2.79. The van der Waals surface area contributed by atoms with Gasteiger partial charge in [0.2, 0.25) is 10.0 Å². The Balaban J connectivity index is 1.93. The van der Waals surface area contributed by atoms with Crippen molar-refractivity contribution < 1.29 is 17.9 Å². The minimum absolute atomic E-state index is 0.138. The molecule has 26 heavy (non-hydrogen) atoms. The third-order valence-corrected chi connectivity index (χ3v) is 5.13. The molecular formula is C18H27N3O4S. The van der Waals surface area contributed by atoms with Crippen molar-refractivity contribution in [1.29, 1.82) is 0 Å². The van der Waals surface area contributed by atoms with Crippen LogP contribution in [0.25, 0.3) is 0 Å². The van der Waals surface area contributed by atoms with E-state index in [-0.39, 0.29) is 6.04 Å². The Bertz CT molecular complexity index is 764. The van der Waals surface area contributed by atoms with E-state index in [2.05, 4.69) is 21.5 Å². The highest BCUT2D eigenvalue weighted by molar-refractivity contribution is 7.92. The van der Waals surface area contributed by atoms with Crippen molar-refractivity contribution in [3.05, 3.63) is 17.7 Å². The van der Waals surface area contributed by atoms with Crippen LogP contribution in [-0.2, 0) is 10.0 Å². The molecule has 1 N–H and O–H groups in total. The summed E-state index contributed by atoms with van der Waals surface area (Å²) < 4.78 is 38.1. The zero-order valence-electron chi connectivity index (χ0n) is 15.4. The number of unbranched alkanes of at least 4 members (excludes halogenated alkanes) is 2. The van der Waals surface area contributed by atoms with E-state index in [9.17, 15) is 8.42 Å². The fraction of sp³-hybridized carbons (Fsp3) is 0.611. The molecule has 0 saturated carbocycles. The Morgan fingerprint density at radius 2 is 2.23 bits per heavy atom. The van der Waals surface area contributed by atoms with Gasteiger partial charge in [-0.2, -0.15) is 0 Å². The van der Waals surface area contributed by atoms with Crippen molar-refractivity contribution in [2.75, 3.05) is 37.3 Å². The van der Waals surface area contributed by atoms with E-state index in [1.54, 1.807) is 0 Å². The summed E-state index contributed by atoms with van der Waals surface area (Å²) in [4.78, 5) is 6.48. The third-order valence-electron chi connectivity index (χ3n) is 4.56. The van der Waals surface area contributed by atoms with Gasteiger partial charge in [0.1, 0.15) is 11.4 Å². The van der Waals surface area contributed by atoms with E-state index in [1.165, 1.54) is 0 Å². The van der Waals surface area contributed by atoms with Gasteiger partial charge in [0.05, 0.1) is 38.4 Å². The topological polar surface area (TPSA) is 80.2 Å². The molecule has 1 unspecified atom stereocenters. The first kappa shape index (κ1) is 18.8. The molecule has 0 aromatic heterocycles. The quantitative estimate of drug-likeness (QED) is 0.701. The van der Waals surface area contributed by atoms with Crippen LogP contribution in [0.4, 0.5) is 5.69 Å². The lowest BCUT2D eigenvalue weighted by Gasteiger charge is -2.33. The fourth-order valence-corrected chi connectivity index (χ4v) is 3.90. The highest BCUT2D eigenvalue weighted by atomic mass is 32.2. The van der Waals surface area contributed by atoms with Crippen molar-refractivity contribution in [3.63, 3.8) is 0 Å². The number of ether oxygens (including phenoxy) is 2. The van der Waals surface area contributed by atoms with Crippen LogP contribution in [0.5, 0.6) is 11.5 Å². The molecule has 0 spiro atoms. The molecule has 2 heterocycles. The van der Waals surface area contributed by atoms with E-state index < -0.39 is 10.0 Å². The second-order valence-electron chi connectivity index (χ2n) is 6.70. The van der Waals surface area contributed by atoms with Gasteiger partial charge < -0.3 is 14.4 Å². The molecule has 1 atom stereocenters. The van der Waals surface area contributed by atoms with Gasteiger partial charge >= 0.3 is 0 Å². The molecule has 0 bridgehead atoms. The van der Waals surface area contributed by atoms with Gasteiger partial charge in [-0.15, -0.1) is 0 Å². The van der Waals surface area contributed by atoms with Gasteiger partial charge in [-0.05, 0) is 18.6 Å². The number of nitrogens with zero attached hydrogens (tertiary/aromatic N) is 2. The molecule has 1 aromatic carbocycles. The molecule has 2 aliphatic heterocycles. The number of aliphatic imine (C=N–C) groups is 1. The molecule has 2 aliphatic rings. The lowest BCUT2D eigenvalue weighted by atomic mass is 9.98. The molecule has 0 fully saturated rings. The Kier molecular flexibility index (Phi) is 5.90. The Labute approximate surface area is 155 Å². The molecule has 0 saturated heterocycles. The molecular weight excluding hydrogens is 354 g/mol. The molecule has 1 aromatic rings. The molecule has 7 nitrogen and oxygen atoms in total. The lowest BCUT2D eigenvalue weighted by molar-refractivity contribution is 0.209. The van der Waals surface area contributed by atoms with Crippen molar-refractivity contribution in [1.82, 2.24) is 4.90 Å². The summed E-state index contributed by atoms with van der Waals surface area (Å²) in [5.41, 5.74) is 1.37. The second-order valence-corrected chi connectivity index (χ2v) is 8.45. The molecule has 144 valence electrons. The maximum Gasteiger partial charge on any atom is 0.230 e. The van der Waals surface area contributed by atoms with Gasteiger partial charge in [-0.3, -0.25) is 9.71 Å². The number of sulfonamides is 1. The average Bonchev–Trinajstić information content (AvgIpc) is 3.13. The van der Waals surface area contributed by atoms with Gasteiger partial charge in [0, 0.05) is 18.5 Å². The smallest absolute Gasteiger partial charge is 0.230 e. The van der Waals surface area contributed by atoms with Crippen molar-refractivity contribution in [3.8, 4) is 11.5 Å². The first-order valence-corrected chi connectivity index (χ1v) is 11.0. The Morgan fingerprint density at radius 3 is 2.92 bits per heavy atom. The van der Waals surface area contributed by atoms with Crippen LogP contribution in [0, 0.1) is 0 Å². The van der Waals surface area contributed by atoms with Crippen LogP contribution in [0.2, 0.25) is 0 Å². The van der Waals surface area contributed by atoms with Gasteiger partial charge in [-0.25, -0.2) is 8.42 Å². The molecule has 3 rings (SSSR count). The number of hydrogen-bond acceptors (Lipinski definition) is 6. The minimum atomic E-state index is -3.45. The van der Waals surface area contributed by atoms with E-state index >= 15 is 0 Å². The number of benzene rings is 1. The van der Waals surface area contributed by atoms with Crippen LogP contribution in [0.15, 0.2) is 17.1 Å². The number of fused-ring (bicyclic) bond motifs is 1. The number of anilines is 1. The van der Waals surface area contributed by atoms with Crippen LogP contribution >= 0.6 is 0 Å². The summed E-state index contributed by atoms with van der Waals surface area (Å²) >= 11 is 0. The number of nitrogens with one attached hydrogen (secondary N) is 1. The standard InChI is InChI=1S/C18H27N3O4S/c1-3-4-5-11-24-16-7-6-14-15(21-10-9-19-13-21)8-12-25-18(14)17(16)20-26(2,22)23/h6-7,13,15,20H,3-5,8-12H2,1-2H3. The number of hydrogen-bond donors (Lipinski definition) is 1. The normalized spacial score (nSPS) is 19.2. The van der Waals surface area contributed by atoms with Crippen LogP contribution in [0.3, 0.4) is 0 Å². The van der Waals surface area contributed by atoms with E-state index in [0.717, 1.165) is 50.6 Å². The van der Waals surface area contributed by atoms with Gasteiger partial charge in [0.25, 0.3) is 0 Å². The maximum atomic E-state index is 11.9. The van der Waals surface area contributed by atoms with Gasteiger partial charge in [0.15, 0.2) is 5.75 Å². The average molecular weight is 381 g/mol. The Morgan fingerprint density at radius 1 is 1.38 bits per heavy atom. The second kappa shape index (κ2) is 8.16. The summed E-state index contributed by atoms with van der Waals surface area (Å²) in [6.45, 7) is 4.87. The summed E-state index contributed by atoms with van der Waals surface area (Å²) in [5, 5.41) is 0. The summed E-state index contributed by atoms with van der Waals surface area (Å²) in [6.07, 6.45) is 6.96. The highest BCUT2D eigenvalue weighted by Gasteiger charge is 2.31. The first-order valence-electron chi connectivity index (χ1n) is 9.15. The SMILES string of the molecule is CCCCCOc1ccc2c(c1NS(C)(=O)=O)OCCC2N1C=NCC1. The highest BCUT2D eigenvalue weighted by Crippen LogP contribution is 2.45. The predicted molar refractivity (Wildman–Crippen MR) is 103 cm³/mol.